The summed E-state index contributed by atoms with van der Waals surface area (Å²) in [6.07, 6.45) is 1.17. The van der Waals surface area contributed by atoms with Crippen molar-refractivity contribution in [1.82, 2.24) is 15.0 Å². The smallest absolute Gasteiger partial charge is 0.325 e. The summed E-state index contributed by atoms with van der Waals surface area (Å²) < 4.78 is 0.991. The lowest BCUT2D eigenvalue weighted by Gasteiger charge is -2.02. The van der Waals surface area contributed by atoms with E-state index in [0.29, 0.717) is 0 Å². The Balaban J connectivity index is 2.10. The fraction of sp³-hybridized carbons (Fsp3) is 0.0909. The van der Waals surface area contributed by atoms with Crippen LogP contribution < -0.4 is 5.32 Å². The van der Waals surface area contributed by atoms with Crippen molar-refractivity contribution in [1.29, 1.82) is 0 Å². The van der Waals surface area contributed by atoms with E-state index in [4.69, 9.17) is 5.11 Å². The molecule has 2 N–H and O–H groups in total. The van der Waals surface area contributed by atoms with Gasteiger partial charge in [-0.15, -0.1) is 5.10 Å². The second-order valence-corrected chi connectivity index (χ2v) is 3.96. The number of non-ortho nitro benzene ring substituents is 1. The summed E-state index contributed by atoms with van der Waals surface area (Å²) in [4.78, 5) is 32.4. The average molecular weight is 291 g/mol. The molecule has 1 aromatic heterocycles. The number of benzene rings is 1. The third-order valence-electron chi connectivity index (χ3n) is 2.38. The molecule has 1 heterocycles. The van der Waals surface area contributed by atoms with Gasteiger partial charge in [0.05, 0.1) is 11.1 Å². The lowest BCUT2D eigenvalue weighted by Crippen LogP contribution is -2.12. The first-order chi connectivity index (χ1) is 9.95. The van der Waals surface area contributed by atoms with Gasteiger partial charge in [0.2, 0.25) is 0 Å². The molecule has 0 aliphatic rings. The van der Waals surface area contributed by atoms with Crippen molar-refractivity contribution in [2.24, 2.45) is 0 Å². The van der Waals surface area contributed by atoms with Crippen molar-refractivity contribution in [3.05, 3.63) is 46.3 Å². The highest BCUT2D eigenvalue weighted by molar-refractivity contribution is 6.02. The average Bonchev–Trinajstić information content (AvgIpc) is 2.86. The normalized spacial score (nSPS) is 10.1. The number of nitrogens with zero attached hydrogens (tertiary/aromatic N) is 4. The first kappa shape index (κ1) is 14.1. The van der Waals surface area contributed by atoms with Crippen LogP contribution in [-0.2, 0) is 11.3 Å². The SMILES string of the molecule is O=C(O)Cn1cc(C(=O)Nc2cccc([N+](=O)[O-])c2)nn1. The van der Waals surface area contributed by atoms with E-state index in [1.165, 1.54) is 30.5 Å². The highest BCUT2D eigenvalue weighted by atomic mass is 16.6. The zero-order valence-electron chi connectivity index (χ0n) is 10.5. The maximum absolute atomic E-state index is 11.9. The van der Waals surface area contributed by atoms with Gasteiger partial charge in [0, 0.05) is 17.8 Å². The van der Waals surface area contributed by atoms with Crippen molar-refractivity contribution in [3.63, 3.8) is 0 Å². The van der Waals surface area contributed by atoms with Crippen LogP contribution in [0.2, 0.25) is 0 Å². The Bertz CT molecular complexity index is 711. The topological polar surface area (TPSA) is 140 Å². The van der Waals surface area contributed by atoms with Crippen LogP contribution in [0.4, 0.5) is 11.4 Å². The molecular weight excluding hydrogens is 282 g/mol. The standard InChI is InChI=1S/C11H9N5O5/c17-10(18)6-15-5-9(13-14-15)11(19)12-7-2-1-3-8(4-7)16(20)21/h1-5H,6H2,(H,12,19)(H,17,18). The van der Waals surface area contributed by atoms with E-state index < -0.39 is 23.3 Å². The third kappa shape index (κ3) is 3.59. The number of hydrogen-bond donors (Lipinski definition) is 2. The first-order valence-electron chi connectivity index (χ1n) is 5.63. The summed E-state index contributed by atoms with van der Waals surface area (Å²) in [6, 6.07) is 5.39. The number of anilines is 1. The Morgan fingerprint density at radius 2 is 2.19 bits per heavy atom. The molecule has 0 radical (unpaired) electrons. The van der Waals surface area contributed by atoms with Crippen LogP contribution in [0.5, 0.6) is 0 Å². The Labute approximate surface area is 117 Å². The second-order valence-electron chi connectivity index (χ2n) is 3.96. The molecule has 0 saturated heterocycles. The minimum Gasteiger partial charge on any atom is -0.480 e. The highest BCUT2D eigenvalue weighted by Crippen LogP contribution is 2.17. The van der Waals surface area contributed by atoms with Crippen LogP contribution in [0.15, 0.2) is 30.5 Å². The van der Waals surface area contributed by atoms with E-state index in [-0.39, 0.29) is 17.1 Å². The lowest BCUT2D eigenvalue weighted by atomic mass is 10.2. The highest BCUT2D eigenvalue weighted by Gasteiger charge is 2.13. The molecule has 0 unspecified atom stereocenters. The number of carbonyl (C=O) groups is 2. The van der Waals surface area contributed by atoms with Crippen molar-refractivity contribution >= 4 is 23.3 Å². The lowest BCUT2D eigenvalue weighted by molar-refractivity contribution is -0.384. The van der Waals surface area contributed by atoms with E-state index in [1.54, 1.807) is 0 Å². The van der Waals surface area contributed by atoms with Gasteiger partial charge in [-0.25, -0.2) is 4.68 Å². The number of nitro groups is 1. The minimum absolute atomic E-state index is 0.0947. The quantitative estimate of drug-likeness (QED) is 0.604. The van der Waals surface area contributed by atoms with Crippen LogP contribution in [0.3, 0.4) is 0 Å². The minimum atomic E-state index is -1.12. The molecule has 2 rings (SSSR count). The van der Waals surface area contributed by atoms with Gasteiger partial charge in [0.15, 0.2) is 5.69 Å². The number of amides is 1. The Hall–Kier alpha value is -3.30. The molecule has 10 nitrogen and oxygen atoms in total. The van der Waals surface area contributed by atoms with Crippen molar-refractivity contribution in [3.8, 4) is 0 Å². The Morgan fingerprint density at radius 1 is 1.43 bits per heavy atom. The number of carbonyl (C=O) groups excluding carboxylic acids is 1. The zero-order valence-corrected chi connectivity index (χ0v) is 10.5. The largest absolute Gasteiger partial charge is 0.480 e. The fourth-order valence-corrected chi connectivity index (χ4v) is 1.51. The van der Waals surface area contributed by atoms with Gasteiger partial charge < -0.3 is 10.4 Å². The number of aromatic nitrogens is 3. The second kappa shape index (κ2) is 5.77. The summed E-state index contributed by atoms with van der Waals surface area (Å²) >= 11 is 0. The van der Waals surface area contributed by atoms with E-state index in [9.17, 15) is 19.7 Å². The first-order valence-corrected chi connectivity index (χ1v) is 5.63. The molecule has 0 fully saturated rings. The molecule has 108 valence electrons. The van der Waals surface area contributed by atoms with Gasteiger partial charge in [0.25, 0.3) is 11.6 Å². The van der Waals surface area contributed by atoms with Gasteiger partial charge in [-0.3, -0.25) is 19.7 Å². The molecule has 0 aliphatic carbocycles. The molecule has 0 bridgehead atoms. The van der Waals surface area contributed by atoms with Crippen LogP contribution >= 0.6 is 0 Å². The molecule has 0 spiro atoms. The summed E-state index contributed by atoms with van der Waals surface area (Å²) in [5, 5.41) is 28.6. The monoisotopic (exact) mass is 291 g/mol. The van der Waals surface area contributed by atoms with Crippen LogP contribution in [-0.4, -0.2) is 36.9 Å². The number of nitro benzene ring substituents is 1. The van der Waals surface area contributed by atoms with Crippen LogP contribution in [0.25, 0.3) is 0 Å². The van der Waals surface area contributed by atoms with Gasteiger partial charge in [0.1, 0.15) is 6.54 Å². The molecule has 0 saturated carbocycles. The van der Waals surface area contributed by atoms with E-state index in [1.807, 2.05) is 0 Å². The van der Waals surface area contributed by atoms with Crippen molar-refractivity contribution in [2.75, 3.05) is 5.32 Å². The molecule has 1 amide bonds. The molecule has 10 heteroatoms. The number of nitrogens with one attached hydrogen (secondary N) is 1. The van der Waals surface area contributed by atoms with Gasteiger partial charge in [-0.05, 0) is 6.07 Å². The van der Waals surface area contributed by atoms with Gasteiger partial charge in [-0.1, -0.05) is 11.3 Å². The zero-order chi connectivity index (χ0) is 15.4. The molecule has 1 aromatic carbocycles. The van der Waals surface area contributed by atoms with Crippen LogP contribution in [0.1, 0.15) is 10.5 Å². The molecule has 0 atom stereocenters. The molecule has 2 aromatic rings. The molecule has 0 aliphatic heterocycles. The summed E-state index contributed by atoms with van der Waals surface area (Å²) in [6.45, 7) is -0.420. The fourth-order valence-electron chi connectivity index (χ4n) is 1.51. The van der Waals surface area contributed by atoms with Crippen LogP contribution in [0, 0.1) is 10.1 Å². The number of carboxylic acids is 1. The van der Waals surface area contributed by atoms with Gasteiger partial charge >= 0.3 is 5.97 Å². The summed E-state index contributed by atoms with van der Waals surface area (Å²) in [5.41, 5.74) is -0.0351. The summed E-state index contributed by atoms with van der Waals surface area (Å²) in [7, 11) is 0. The van der Waals surface area contributed by atoms with Crippen molar-refractivity contribution < 1.29 is 19.6 Å². The van der Waals surface area contributed by atoms with E-state index in [2.05, 4.69) is 15.6 Å². The number of aliphatic carboxylic acids is 1. The van der Waals surface area contributed by atoms with Gasteiger partial charge in [-0.2, -0.15) is 0 Å². The Kier molecular flexibility index (Phi) is 3.88. The maximum atomic E-state index is 11.9. The third-order valence-corrected chi connectivity index (χ3v) is 2.38. The van der Waals surface area contributed by atoms with E-state index in [0.717, 1.165) is 4.68 Å². The number of rotatable bonds is 5. The number of carboxylic acid groups (broad SMARTS) is 1. The number of hydrogen-bond acceptors (Lipinski definition) is 6. The predicted molar refractivity (Wildman–Crippen MR) is 68.7 cm³/mol. The molecule has 21 heavy (non-hydrogen) atoms. The predicted octanol–water partition coefficient (Wildman–Crippen LogP) is 0.523. The molecular formula is C11H9N5O5. The van der Waals surface area contributed by atoms with Crippen molar-refractivity contribution in [2.45, 2.75) is 6.54 Å². The van der Waals surface area contributed by atoms with E-state index >= 15 is 0 Å². The summed E-state index contributed by atoms with van der Waals surface area (Å²) in [5.74, 6) is -1.77. The maximum Gasteiger partial charge on any atom is 0.325 e. The Morgan fingerprint density at radius 3 is 2.86 bits per heavy atom.